The van der Waals surface area contributed by atoms with Crippen molar-refractivity contribution >= 4 is 12.0 Å². The van der Waals surface area contributed by atoms with E-state index in [2.05, 4.69) is 0 Å². The third kappa shape index (κ3) is 3.40. The molecule has 0 radical (unpaired) electrons. The topological polar surface area (TPSA) is 79.3 Å². The number of β-amino-alcohol motifs (C(OH)–C–C–N with tert-alkyl or cyclic N) is 1. The van der Waals surface area contributed by atoms with Crippen LogP contribution in [0.15, 0.2) is 0 Å². The molecule has 2 fully saturated rings. The zero-order valence-electron chi connectivity index (χ0n) is 12.2. The summed E-state index contributed by atoms with van der Waals surface area (Å²) in [5.74, 6) is -0.190. The van der Waals surface area contributed by atoms with Crippen LogP contribution in [0.25, 0.3) is 0 Å². The van der Waals surface area contributed by atoms with Crippen LogP contribution in [0.2, 0.25) is 0 Å². The molecule has 0 aromatic carbocycles. The molecule has 0 aliphatic carbocycles. The van der Waals surface area contributed by atoms with E-state index in [1.165, 1.54) is 4.90 Å². The van der Waals surface area contributed by atoms with Gasteiger partial charge in [0.15, 0.2) is 0 Å². The average molecular weight is 286 g/mol. The quantitative estimate of drug-likeness (QED) is 0.743. The molecule has 2 rings (SSSR count). The van der Waals surface area contributed by atoms with E-state index < -0.39 is 23.8 Å². The molecule has 0 saturated carbocycles. The highest BCUT2D eigenvalue weighted by molar-refractivity contribution is 5.86. The molecule has 0 bridgehead atoms. The third-order valence-electron chi connectivity index (χ3n) is 3.26. The van der Waals surface area contributed by atoms with Crippen LogP contribution in [0.4, 0.5) is 4.79 Å². The number of hydrogen-bond donors (Lipinski definition) is 1. The van der Waals surface area contributed by atoms with Crippen LogP contribution in [0.5, 0.6) is 0 Å². The summed E-state index contributed by atoms with van der Waals surface area (Å²) in [5, 5.41) is 9.76. The first-order valence-electron chi connectivity index (χ1n) is 6.82. The Labute approximate surface area is 118 Å². The van der Waals surface area contributed by atoms with Crippen LogP contribution in [-0.2, 0) is 14.3 Å². The van der Waals surface area contributed by atoms with Crippen molar-refractivity contribution in [2.24, 2.45) is 0 Å². The predicted molar refractivity (Wildman–Crippen MR) is 69.9 cm³/mol. The summed E-state index contributed by atoms with van der Waals surface area (Å²) in [6, 6.07) is -0.665. The molecule has 2 amide bonds. The Morgan fingerprint density at radius 1 is 1.35 bits per heavy atom. The Morgan fingerprint density at radius 2 is 2.05 bits per heavy atom. The second-order valence-corrected chi connectivity index (χ2v) is 6.18. The second kappa shape index (κ2) is 5.57. The van der Waals surface area contributed by atoms with Gasteiger partial charge in [0.25, 0.3) is 0 Å². The van der Waals surface area contributed by atoms with Gasteiger partial charge in [-0.3, -0.25) is 9.69 Å². The number of nitrogens with zero attached hydrogens (tertiary/aromatic N) is 2. The molecule has 0 spiro atoms. The molecule has 2 aliphatic heterocycles. The largest absolute Gasteiger partial charge is 0.444 e. The van der Waals surface area contributed by atoms with Crippen LogP contribution in [0, 0.1) is 0 Å². The number of carbonyl (C=O) groups is 2. The first-order chi connectivity index (χ1) is 9.28. The average Bonchev–Trinajstić information content (AvgIpc) is 2.94. The highest BCUT2D eigenvalue weighted by Gasteiger charge is 2.42. The van der Waals surface area contributed by atoms with Gasteiger partial charge >= 0.3 is 6.09 Å². The van der Waals surface area contributed by atoms with E-state index in [4.69, 9.17) is 9.47 Å². The van der Waals surface area contributed by atoms with E-state index in [0.29, 0.717) is 13.2 Å². The maximum absolute atomic E-state index is 12.4. The third-order valence-corrected chi connectivity index (χ3v) is 3.26. The van der Waals surface area contributed by atoms with E-state index in [-0.39, 0.29) is 25.6 Å². The van der Waals surface area contributed by atoms with Crippen molar-refractivity contribution in [1.29, 1.82) is 0 Å². The van der Waals surface area contributed by atoms with Crippen LogP contribution >= 0.6 is 0 Å². The van der Waals surface area contributed by atoms with Crippen molar-refractivity contribution in [3.63, 3.8) is 0 Å². The monoisotopic (exact) mass is 286 g/mol. The minimum absolute atomic E-state index is 0.125. The van der Waals surface area contributed by atoms with E-state index in [9.17, 15) is 14.7 Å². The molecule has 2 heterocycles. The van der Waals surface area contributed by atoms with Gasteiger partial charge in [0.2, 0.25) is 5.91 Å². The minimum atomic E-state index is -0.694. The molecule has 0 aromatic rings. The standard InChI is InChI=1S/C13H22N2O5/c1-13(2,3)20-12(18)15-7-9(16)6-10(15)11(17)14-4-5-19-8-14/h9-10,16H,4-8H2,1-3H3/t9?,10-/m0/s1. The molecule has 7 heteroatoms. The molecule has 2 atom stereocenters. The number of rotatable bonds is 1. The zero-order chi connectivity index (χ0) is 14.9. The predicted octanol–water partition coefficient (Wildman–Crippen LogP) is 0.173. The molecule has 0 aromatic heterocycles. The molecule has 2 saturated heterocycles. The fourth-order valence-electron chi connectivity index (χ4n) is 2.37. The fourth-order valence-corrected chi connectivity index (χ4v) is 2.37. The van der Waals surface area contributed by atoms with Gasteiger partial charge in [0.1, 0.15) is 18.4 Å². The van der Waals surface area contributed by atoms with Gasteiger partial charge in [0, 0.05) is 13.0 Å². The SMILES string of the molecule is CC(C)(C)OC(=O)N1CC(O)C[C@H]1C(=O)N1CCOC1. The number of carbonyl (C=O) groups excluding carboxylic acids is 2. The summed E-state index contributed by atoms with van der Waals surface area (Å²) < 4.78 is 10.4. The molecular weight excluding hydrogens is 264 g/mol. The maximum atomic E-state index is 12.4. The van der Waals surface area contributed by atoms with Gasteiger partial charge in [-0.1, -0.05) is 0 Å². The van der Waals surface area contributed by atoms with Gasteiger partial charge in [-0.25, -0.2) is 4.79 Å². The Bertz CT molecular complexity index is 387. The maximum Gasteiger partial charge on any atom is 0.411 e. The lowest BCUT2D eigenvalue weighted by atomic mass is 10.1. The first kappa shape index (κ1) is 15.1. The number of aliphatic hydroxyl groups is 1. The van der Waals surface area contributed by atoms with Gasteiger partial charge < -0.3 is 19.5 Å². The number of aliphatic hydroxyl groups excluding tert-OH is 1. The molecule has 20 heavy (non-hydrogen) atoms. The Hall–Kier alpha value is -1.34. The van der Waals surface area contributed by atoms with Crippen LogP contribution in [0.1, 0.15) is 27.2 Å². The summed E-state index contributed by atoms with van der Waals surface area (Å²) in [4.78, 5) is 27.4. The van der Waals surface area contributed by atoms with Crippen molar-refractivity contribution < 1.29 is 24.2 Å². The van der Waals surface area contributed by atoms with Gasteiger partial charge in [0.05, 0.1) is 19.3 Å². The summed E-state index contributed by atoms with van der Waals surface area (Å²) in [6.07, 6.45) is -1.01. The van der Waals surface area contributed by atoms with Crippen molar-refractivity contribution in [2.45, 2.75) is 44.9 Å². The summed E-state index contributed by atoms with van der Waals surface area (Å²) in [7, 11) is 0. The molecule has 114 valence electrons. The lowest BCUT2D eigenvalue weighted by Crippen LogP contribution is -2.48. The van der Waals surface area contributed by atoms with E-state index >= 15 is 0 Å². The molecule has 2 aliphatic rings. The van der Waals surface area contributed by atoms with Crippen LogP contribution < -0.4 is 0 Å². The molecule has 1 unspecified atom stereocenters. The highest BCUT2D eigenvalue weighted by Crippen LogP contribution is 2.23. The van der Waals surface area contributed by atoms with E-state index in [1.54, 1.807) is 25.7 Å². The lowest BCUT2D eigenvalue weighted by molar-refractivity contribution is -0.136. The fraction of sp³-hybridized carbons (Fsp3) is 0.846. The summed E-state index contributed by atoms with van der Waals surface area (Å²) >= 11 is 0. The van der Waals surface area contributed by atoms with Crippen molar-refractivity contribution in [1.82, 2.24) is 9.80 Å². The van der Waals surface area contributed by atoms with Crippen molar-refractivity contribution in [3.05, 3.63) is 0 Å². The Balaban J connectivity index is 2.06. The van der Waals surface area contributed by atoms with Crippen molar-refractivity contribution in [2.75, 3.05) is 26.4 Å². The molecule has 7 nitrogen and oxygen atoms in total. The smallest absolute Gasteiger partial charge is 0.411 e. The number of hydrogen-bond acceptors (Lipinski definition) is 5. The van der Waals surface area contributed by atoms with Crippen molar-refractivity contribution in [3.8, 4) is 0 Å². The minimum Gasteiger partial charge on any atom is -0.444 e. The van der Waals surface area contributed by atoms with Gasteiger partial charge in [-0.15, -0.1) is 0 Å². The van der Waals surface area contributed by atoms with Crippen LogP contribution in [-0.4, -0.2) is 71.1 Å². The van der Waals surface area contributed by atoms with Crippen LogP contribution in [0.3, 0.4) is 0 Å². The number of likely N-dealkylation sites (tertiary alicyclic amines) is 1. The van der Waals surface area contributed by atoms with E-state index in [1.807, 2.05) is 0 Å². The normalized spacial score (nSPS) is 27.0. The Kier molecular flexibility index (Phi) is 4.19. The highest BCUT2D eigenvalue weighted by atomic mass is 16.6. The first-order valence-corrected chi connectivity index (χ1v) is 6.82. The molecule has 1 N–H and O–H groups in total. The summed E-state index contributed by atoms with van der Waals surface area (Å²) in [6.45, 7) is 6.70. The Morgan fingerprint density at radius 3 is 2.60 bits per heavy atom. The second-order valence-electron chi connectivity index (χ2n) is 6.18. The number of amides is 2. The van der Waals surface area contributed by atoms with Gasteiger partial charge in [-0.05, 0) is 20.8 Å². The lowest BCUT2D eigenvalue weighted by Gasteiger charge is -2.29. The summed E-state index contributed by atoms with van der Waals surface area (Å²) in [5.41, 5.74) is -0.630. The van der Waals surface area contributed by atoms with E-state index in [0.717, 1.165) is 0 Å². The zero-order valence-corrected chi connectivity index (χ0v) is 12.2. The van der Waals surface area contributed by atoms with Gasteiger partial charge in [-0.2, -0.15) is 0 Å². The number of ether oxygens (including phenoxy) is 2. The molecular formula is C13H22N2O5.